The van der Waals surface area contributed by atoms with Crippen molar-refractivity contribution in [2.45, 2.75) is 12.5 Å². The van der Waals surface area contributed by atoms with Crippen LogP contribution in [0.3, 0.4) is 0 Å². The summed E-state index contributed by atoms with van der Waals surface area (Å²) in [7, 11) is 0. The highest BCUT2D eigenvalue weighted by Gasteiger charge is 2.47. The maximum absolute atomic E-state index is 9.49. The molecule has 3 aliphatic heterocycles. The number of nitriles is 1. The Bertz CT molecular complexity index is 1270. The summed E-state index contributed by atoms with van der Waals surface area (Å²) in [5.74, 6) is 3.23. The van der Waals surface area contributed by atoms with Gasteiger partial charge in [-0.25, -0.2) is 19.9 Å². The molecule has 30 heavy (non-hydrogen) atoms. The van der Waals surface area contributed by atoms with E-state index in [-0.39, 0.29) is 12.6 Å². The number of rotatable bonds is 2. The first-order valence-corrected chi connectivity index (χ1v) is 9.54. The molecular formula is C19H13ClN8O2. The van der Waals surface area contributed by atoms with Gasteiger partial charge in [-0.2, -0.15) is 10.2 Å². The van der Waals surface area contributed by atoms with Crippen molar-refractivity contribution in [1.29, 1.82) is 5.26 Å². The van der Waals surface area contributed by atoms with Gasteiger partial charge in [-0.15, -0.1) is 0 Å². The fourth-order valence-corrected chi connectivity index (χ4v) is 4.06. The van der Waals surface area contributed by atoms with E-state index in [1.165, 1.54) is 4.90 Å². The Morgan fingerprint density at radius 1 is 1.23 bits per heavy atom. The van der Waals surface area contributed by atoms with Gasteiger partial charge >= 0.3 is 0 Å². The van der Waals surface area contributed by atoms with Crippen LogP contribution in [0.5, 0.6) is 0 Å². The number of aromatic nitrogens is 2. The number of benzene rings is 1. The van der Waals surface area contributed by atoms with Crippen molar-refractivity contribution in [3.63, 3.8) is 0 Å². The van der Waals surface area contributed by atoms with Crippen LogP contribution in [0.1, 0.15) is 11.3 Å². The Morgan fingerprint density at radius 2 is 2.10 bits per heavy atom. The van der Waals surface area contributed by atoms with Gasteiger partial charge in [0.1, 0.15) is 12.4 Å². The molecule has 3 aliphatic rings. The average Bonchev–Trinajstić information content (AvgIpc) is 3.53. The summed E-state index contributed by atoms with van der Waals surface area (Å²) in [5.41, 5.74) is 1.08. The van der Waals surface area contributed by atoms with Crippen LogP contribution < -0.4 is 9.91 Å². The minimum Gasteiger partial charge on any atom is -0.456 e. The second-order valence-corrected chi connectivity index (χ2v) is 7.23. The number of aliphatic imine (C=N–C) groups is 1. The molecule has 0 bridgehead atoms. The molecule has 1 aromatic carbocycles. The van der Waals surface area contributed by atoms with Crippen LogP contribution in [-0.4, -0.2) is 38.2 Å². The van der Waals surface area contributed by atoms with Crippen LogP contribution in [-0.2, 0) is 0 Å². The highest BCUT2D eigenvalue weighted by Crippen LogP contribution is 2.43. The van der Waals surface area contributed by atoms with Crippen LogP contribution in [0, 0.1) is 18.4 Å². The van der Waals surface area contributed by atoms with Crippen LogP contribution in [0.25, 0.3) is 11.7 Å². The second kappa shape index (κ2) is 6.01. The number of hydrogen-bond donors (Lipinski definition) is 0. The normalized spacial score (nSPS) is 19.3. The molecule has 0 amide bonds. The van der Waals surface area contributed by atoms with Gasteiger partial charge < -0.3 is 8.94 Å². The zero-order valence-electron chi connectivity index (χ0n) is 15.6. The molecular weight excluding hydrogens is 408 g/mol. The Kier molecular flexibility index (Phi) is 3.39. The number of nitrogens with zero attached hydrogens (tertiary/aromatic N) is 8. The highest BCUT2D eigenvalue weighted by molar-refractivity contribution is 6.23. The number of alkyl halides is 1. The quantitative estimate of drug-likeness (QED) is 0.351. The summed E-state index contributed by atoms with van der Waals surface area (Å²) >= 11 is 6.58. The smallest absolute Gasteiger partial charge is 0.295 e. The molecule has 3 aromatic rings. The number of hydrazine groups is 1. The molecule has 0 radical (unpaired) electrons. The number of anilines is 2. The van der Waals surface area contributed by atoms with Crippen LogP contribution in [0.15, 0.2) is 62.4 Å². The van der Waals surface area contributed by atoms with Crippen molar-refractivity contribution < 1.29 is 8.94 Å². The number of hydrogen-bond acceptors (Lipinski definition) is 10. The van der Waals surface area contributed by atoms with E-state index in [1.807, 2.05) is 47.2 Å². The van der Waals surface area contributed by atoms with Gasteiger partial charge in [0.05, 0.1) is 11.9 Å². The number of halogens is 1. The molecule has 10 nitrogen and oxygen atoms in total. The summed E-state index contributed by atoms with van der Waals surface area (Å²) in [5, 5.41) is 17.2. The minimum atomic E-state index is -0.693. The molecule has 0 spiro atoms. The molecule has 1 atom stereocenters. The number of fused-ring (bicyclic) bond motifs is 6. The van der Waals surface area contributed by atoms with Gasteiger partial charge in [-0.05, 0) is 36.3 Å². The fraction of sp³-hybridized carbons (Fsp3) is 0.158. The van der Waals surface area contributed by atoms with Gasteiger partial charge in [0.2, 0.25) is 0 Å². The largest absolute Gasteiger partial charge is 0.456 e. The standard InChI is InChI=1S/C19H13ClN8O2/c1-11-6-7-14(29-11)17-23-19(24-30-17)26-10-22-16-12-4-2-3-5-13(12)27-15(28(16)26)8-25(9-21)18(27)20/h2-8,18H,10H2,1H3. The van der Waals surface area contributed by atoms with Crippen molar-refractivity contribution in [2.75, 3.05) is 16.6 Å². The third-order valence-electron chi connectivity index (χ3n) is 5.07. The lowest BCUT2D eigenvalue weighted by Crippen LogP contribution is -2.50. The van der Waals surface area contributed by atoms with Gasteiger partial charge in [0.25, 0.3) is 11.8 Å². The van der Waals surface area contributed by atoms with E-state index in [0.717, 1.165) is 22.8 Å². The molecule has 6 rings (SSSR count). The molecule has 0 fully saturated rings. The predicted molar refractivity (Wildman–Crippen MR) is 107 cm³/mol. The lowest BCUT2D eigenvalue weighted by atomic mass is 10.1. The van der Waals surface area contributed by atoms with Crippen LogP contribution >= 0.6 is 11.6 Å². The molecule has 1 unspecified atom stereocenters. The van der Waals surface area contributed by atoms with Gasteiger partial charge in [-0.1, -0.05) is 23.7 Å². The molecule has 11 heteroatoms. The molecule has 148 valence electrons. The van der Waals surface area contributed by atoms with Crippen molar-refractivity contribution in [1.82, 2.24) is 20.0 Å². The first-order valence-electron chi connectivity index (χ1n) is 9.11. The monoisotopic (exact) mass is 420 g/mol. The minimum absolute atomic E-state index is 0.273. The van der Waals surface area contributed by atoms with E-state index in [2.05, 4.69) is 16.3 Å². The first kappa shape index (κ1) is 16.9. The zero-order valence-corrected chi connectivity index (χ0v) is 16.4. The van der Waals surface area contributed by atoms with Crippen LogP contribution in [0.2, 0.25) is 0 Å². The third kappa shape index (κ3) is 2.20. The Labute approximate surface area is 175 Å². The third-order valence-corrected chi connectivity index (χ3v) is 5.48. The fourth-order valence-electron chi connectivity index (χ4n) is 3.76. The predicted octanol–water partition coefficient (Wildman–Crippen LogP) is 3.02. The number of aryl methyl sites for hydroxylation is 1. The lowest BCUT2D eigenvalue weighted by molar-refractivity contribution is 0.401. The topological polar surface area (TPSA) is 101 Å². The number of para-hydroxylation sites is 1. The molecule has 5 heterocycles. The van der Waals surface area contributed by atoms with E-state index in [0.29, 0.717) is 17.5 Å². The molecule has 0 aliphatic carbocycles. The van der Waals surface area contributed by atoms with E-state index >= 15 is 0 Å². The van der Waals surface area contributed by atoms with E-state index in [1.54, 1.807) is 17.3 Å². The van der Waals surface area contributed by atoms with E-state index in [4.69, 9.17) is 25.5 Å². The zero-order chi connectivity index (χ0) is 20.4. The molecule has 0 N–H and O–H groups in total. The number of furan rings is 1. The maximum atomic E-state index is 9.49. The maximum Gasteiger partial charge on any atom is 0.295 e. The summed E-state index contributed by atoms with van der Waals surface area (Å²) in [6.45, 7) is 2.13. The van der Waals surface area contributed by atoms with Crippen LogP contribution in [0.4, 0.5) is 11.6 Å². The first-order chi connectivity index (χ1) is 14.7. The summed E-state index contributed by atoms with van der Waals surface area (Å²) in [6, 6.07) is 11.4. The van der Waals surface area contributed by atoms with Crippen molar-refractivity contribution in [3.8, 4) is 17.8 Å². The molecule has 0 saturated heterocycles. The lowest BCUT2D eigenvalue weighted by Gasteiger charge is -2.40. The van der Waals surface area contributed by atoms with Gasteiger partial charge in [0.15, 0.2) is 29.2 Å². The van der Waals surface area contributed by atoms with Gasteiger partial charge in [-0.3, -0.25) is 4.90 Å². The SMILES string of the molecule is Cc1ccc(-c2nc(N3CN=C4c5ccccc5N5C(=CN(C#N)C5Cl)N43)no2)o1. The van der Waals surface area contributed by atoms with Crippen molar-refractivity contribution in [3.05, 3.63) is 59.7 Å². The second-order valence-electron chi connectivity index (χ2n) is 6.84. The van der Waals surface area contributed by atoms with Gasteiger partial charge in [0, 0.05) is 5.56 Å². The van der Waals surface area contributed by atoms with Crippen molar-refractivity contribution in [2.24, 2.45) is 4.99 Å². The van der Waals surface area contributed by atoms with Crippen molar-refractivity contribution >= 4 is 29.1 Å². The van der Waals surface area contributed by atoms with E-state index in [9.17, 15) is 5.26 Å². The Balaban J connectivity index is 1.44. The molecule has 0 saturated carbocycles. The summed E-state index contributed by atoms with van der Waals surface area (Å²) in [4.78, 5) is 12.4. The van der Waals surface area contributed by atoms with E-state index < -0.39 is 5.62 Å². The Hall–Kier alpha value is -3.97. The average molecular weight is 421 g/mol. The molecule has 2 aromatic heterocycles. The Morgan fingerprint density at radius 3 is 2.90 bits per heavy atom. The number of amidine groups is 1. The summed E-state index contributed by atoms with van der Waals surface area (Å²) in [6.07, 6.45) is 3.78. The highest BCUT2D eigenvalue weighted by atomic mass is 35.5. The summed E-state index contributed by atoms with van der Waals surface area (Å²) < 4.78 is 11.0.